The largest absolute Gasteiger partial charge is 0.325 e. The Hall–Kier alpha value is -0.410. The molecule has 0 spiro atoms. The molecular weight excluding hydrogens is 192 g/mol. The molecule has 78 valence electrons. The van der Waals surface area contributed by atoms with Crippen LogP contribution in [0, 0.1) is 5.92 Å². The molecule has 2 rings (SSSR count). The van der Waals surface area contributed by atoms with Gasteiger partial charge in [-0.05, 0) is 12.3 Å². The van der Waals surface area contributed by atoms with E-state index in [-0.39, 0.29) is 0 Å². The van der Waals surface area contributed by atoms with Crippen LogP contribution in [0.5, 0.6) is 0 Å². The molecule has 0 saturated heterocycles. The van der Waals surface area contributed by atoms with Crippen molar-refractivity contribution < 1.29 is 0 Å². The lowest BCUT2D eigenvalue weighted by Gasteiger charge is -2.20. The lowest BCUT2D eigenvalue weighted by atomic mass is 9.86. The van der Waals surface area contributed by atoms with Gasteiger partial charge in [-0.3, -0.25) is 0 Å². The molecule has 0 aromatic carbocycles. The number of thiazole rings is 1. The highest BCUT2D eigenvalue weighted by Crippen LogP contribution is 2.27. The van der Waals surface area contributed by atoms with Gasteiger partial charge < -0.3 is 5.73 Å². The number of hydrogen-bond acceptors (Lipinski definition) is 3. The first-order valence-electron chi connectivity index (χ1n) is 5.52. The first-order chi connectivity index (χ1) is 6.88. The average Bonchev–Trinajstić information content (AvgIpc) is 2.67. The predicted octanol–water partition coefficient (Wildman–Crippen LogP) is 2.72. The molecule has 0 radical (unpaired) electrons. The van der Waals surface area contributed by atoms with Gasteiger partial charge in [0.25, 0.3) is 0 Å². The van der Waals surface area contributed by atoms with Crippen LogP contribution in [0.2, 0.25) is 0 Å². The Labute approximate surface area is 89.5 Å². The van der Waals surface area contributed by atoms with Crippen molar-refractivity contribution in [2.75, 3.05) is 0 Å². The molecule has 3 heteroatoms. The number of hydrogen-bond donors (Lipinski definition) is 1. The summed E-state index contributed by atoms with van der Waals surface area (Å²) in [6, 6.07) is 0. The Balaban J connectivity index is 1.89. The van der Waals surface area contributed by atoms with Gasteiger partial charge in [-0.25, -0.2) is 4.98 Å². The van der Waals surface area contributed by atoms with Crippen LogP contribution >= 0.6 is 11.3 Å². The van der Waals surface area contributed by atoms with E-state index in [2.05, 4.69) is 10.4 Å². The van der Waals surface area contributed by atoms with Gasteiger partial charge in [0.05, 0.1) is 5.69 Å². The van der Waals surface area contributed by atoms with Crippen molar-refractivity contribution >= 4 is 11.3 Å². The van der Waals surface area contributed by atoms with Gasteiger partial charge in [-0.15, -0.1) is 11.3 Å². The van der Waals surface area contributed by atoms with Crippen LogP contribution in [0.1, 0.15) is 42.8 Å². The third-order valence-electron chi connectivity index (χ3n) is 3.00. The highest BCUT2D eigenvalue weighted by molar-refractivity contribution is 7.09. The van der Waals surface area contributed by atoms with Gasteiger partial charge in [-0.2, -0.15) is 0 Å². The Bertz CT molecular complexity index is 277. The first kappa shape index (κ1) is 10.1. The van der Waals surface area contributed by atoms with Crippen LogP contribution < -0.4 is 5.73 Å². The topological polar surface area (TPSA) is 38.9 Å². The fourth-order valence-corrected chi connectivity index (χ4v) is 2.91. The summed E-state index contributed by atoms with van der Waals surface area (Å²) in [5, 5.41) is 3.26. The van der Waals surface area contributed by atoms with Crippen LogP contribution in [0.15, 0.2) is 5.38 Å². The minimum atomic E-state index is 0.593. The Morgan fingerprint density at radius 3 is 2.79 bits per heavy atom. The standard InChI is InChI=1S/C11H18N2S/c12-7-11-13-10(8-14-11)6-9-4-2-1-3-5-9/h8-9H,1-7,12H2. The molecule has 0 atom stereocenters. The summed E-state index contributed by atoms with van der Waals surface area (Å²) in [6.07, 6.45) is 8.24. The molecule has 1 fully saturated rings. The van der Waals surface area contributed by atoms with Gasteiger partial charge in [0.1, 0.15) is 5.01 Å². The van der Waals surface area contributed by atoms with Crippen molar-refractivity contribution in [3.8, 4) is 0 Å². The smallest absolute Gasteiger partial charge is 0.106 e. The van der Waals surface area contributed by atoms with E-state index >= 15 is 0 Å². The van der Waals surface area contributed by atoms with Crippen LogP contribution in [-0.4, -0.2) is 4.98 Å². The zero-order chi connectivity index (χ0) is 9.80. The van der Waals surface area contributed by atoms with Crippen LogP contribution in [-0.2, 0) is 13.0 Å². The average molecular weight is 210 g/mol. The van der Waals surface area contributed by atoms with Crippen LogP contribution in [0.3, 0.4) is 0 Å². The molecule has 1 aromatic rings. The SMILES string of the molecule is NCc1nc(CC2CCCCC2)cs1. The maximum atomic E-state index is 5.54. The summed E-state index contributed by atoms with van der Waals surface area (Å²) in [6.45, 7) is 0.593. The molecule has 14 heavy (non-hydrogen) atoms. The molecule has 0 aliphatic heterocycles. The van der Waals surface area contributed by atoms with Gasteiger partial charge in [-0.1, -0.05) is 32.1 Å². The molecule has 0 bridgehead atoms. The van der Waals surface area contributed by atoms with E-state index in [9.17, 15) is 0 Å². The normalized spacial score (nSPS) is 18.6. The third-order valence-corrected chi connectivity index (χ3v) is 3.92. The summed E-state index contributed by atoms with van der Waals surface area (Å²) in [5.74, 6) is 0.886. The second-order valence-electron chi connectivity index (χ2n) is 4.14. The van der Waals surface area contributed by atoms with E-state index in [1.807, 2.05) is 0 Å². The van der Waals surface area contributed by atoms with Crippen LogP contribution in [0.25, 0.3) is 0 Å². The minimum Gasteiger partial charge on any atom is -0.325 e. The maximum absolute atomic E-state index is 5.54. The fraction of sp³-hybridized carbons (Fsp3) is 0.727. The number of nitrogens with two attached hydrogens (primary N) is 1. The number of nitrogens with zero attached hydrogens (tertiary/aromatic N) is 1. The van der Waals surface area contributed by atoms with E-state index in [1.165, 1.54) is 44.2 Å². The van der Waals surface area contributed by atoms with Crippen molar-refractivity contribution in [3.63, 3.8) is 0 Å². The molecule has 2 N–H and O–H groups in total. The Morgan fingerprint density at radius 2 is 2.14 bits per heavy atom. The summed E-state index contributed by atoms with van der Waals surface area (Å²) >= 11 is 1.70. The van der Waals surface area contributed by atoms with E-state index in [4.69, 9.17) is 5.73 Å². The molecule has 1 saturated carbocycles. The quantitative estimate of drug-likeness (QED) is 0.833. The van der Waals surface area contributed by atoms with Crippen molar-refractivity contribution in [1.29, 1.82) is 0 Å². The zero-order valence-corrected chi connectivity index (χ0v) is 9.35. The lowest BCUT2D eigenvalue weighted by molar-refractivity contribution is 0.354. The molecule has 1 aliphatic rings. The highest BCUT2D eigenvalue weighted by atomic mass is 32.1. The first-order valence-corrected chi connectivity index (χ1v) is 6.40. The second-order valence-corrected chi connectivity index (χ2v) is 5.09. The van der Waals surface area contributed by atoms with Crippen molar-refractivity contribution in [1.82, 2.24) is 4.98 Å². The van der Waals surface area contributed by atoms with E-state index in [0.29, 0.717) is 6.54 Å². The van der Waals surface area contributed by atoms with Gasteiger partial charge in [0.2, 0.25) is 0 Å². The number of aromatic nitrogens is 1. The molecule has 1 aromatic heterocycles. The fourth-order valence-electron chi connectivity index (χ4n) is 2.22. The van der Waals surface area contributed by atoms with Crippen molar-refractivity contribution in [2.45, 2.75) is 45.1 Å². The Morgan fingerprint density at radius 1 is 1.36 bits per heavy atom. The van der Waals surface area contributed by atoms with Crippen molar-refractivity contribution in [2.24, 2.45) is 11.7 Å². The van der Waals surface area contributed by atoms with E-state index < -0.39 is 0 Å². The molecule has 1 heterocycles. The minimum absolute atomic E-state index is 0.593. The molecule has 1 aliphatic carbocycles. The monoisotopic (exact) mass is 210 g/mol. The maximum Gasteiger partial charge on any atom is 0.106 e. The molecule has 2 nitrogen and oxygen atoms in total. The second kappa shape index (κ2) is 4.89. The van der Waals surface area contributed by atoms with Crippen LogP contribution in [0.4, 0.5) is 0 Å². The Kier molecular flexibility index (Phi) is 3.54. The predicted molar refractivity (Wildman–Crippen MR) is 60.3 cm³/mol. The van der Waals surface area contributed by atoms with E-state index in [1.54, 1.807) is 11.3 Å². The summed E-state index contributed by atoms with van der Waals surface area (Å²) < 4.78 is 0. The molecule has 0 unspecified atom stereocenters. The molecule has 0 amide bonds. The highest BCUT2D eigenvalue weighted by Gasteiger charge is 2.15. The van der Waals surface area contributed by atoms with Gasteiger partial charge in [0, 0.05) is 11.9 Å². The zero-order valence-electron chi connectivity index (χ0n) is 8.54. The van der Waals surface area contributed by atoms with Gasteiger partial charge >= 0.3 is 0 Å². The number of rotatable bonds is 3. The van der Waals surface area contributed by atoms with Crippen molar-refractivity contribution in [3.05, 3.63) is 16.1 Å². The summed E-state index contributed by atoms with van der Waals surface area (Å²) in [4.78, 5) is 4.52. The van der Waals surface area contributed by atoms with E-state index in [0.717, 1.165) is 10.9 Å². The lowest BCUT2D eigenvalue weighted by Crippen LogP contribution is -2.09. The van der Waals surface area contributed by atoms with Gasteiger partial charge in [0.15, 0.2) is 0 Å². The summed E-state index contributed by atoms with van der Waals surface area (Å²) in [7, 11) is 0. The third kappa shape index (κ3) is 2.55. The molecular formula is C11H18N2S. The summed E-state index contributed by atoms with van der Waals surface area (Å²) in [5.41, 5.74) is 6.81.